The highest BCUT2D eigenvalue weighted by Crippen LogP contribution is 2.18. The van der Waals surface area contributed by atoms with Crippen molar-refractivity contribution >= 4 is 11.8 Å². The minimum atomic E-state index is -0.132. The Labute approximate surface area is 118 Å². The van der Waals surface area contributed by atoms with Gasteiger partial charge < -0.3 is 15.1 Å². The van der Waals surface area contributed by atoms with Gasteiger partial charge in [-0.1, -0.05) is 0 Å². The van der Waals surface area contributed by atoms with E-state index in [0.29, 0.717) is 25.9 Å². The quantitative estimate of drug-likeness (QED) is 0.824. The van der Waals surface area contributed by atoms with Crippen molar-refractivity contribution in [2.24, 2.45) is 5.92 Å². The van der Waals surface area contributed by atoms with Crippen LogP contribution in [0.25, 0.3) is 0 Å². The summed E-state index contributed by atoms with van der Waals surface area (Å²) < 4.78 is 5.40. The van der Waals surface area contributed by atoms with Crippen molar-refractivity contribution in [2.75, 3.05) is 27.2 Å². The van der Waals surface area contributed by atoms with Crippen molar-refractivity contribution in [2.45, 2.75) is 18.9 Å². The molecule has 0 unspecified atom stereocenters. The Kier molecular flexibility index (Phi) is 4.79. The molecule has 1 aromatic heterocycles. The van der Waals surface area contributed by atoms with Crippen LogP contribution in [0.2, 0.25) is 0 Å². The second-order valence-electron chi connectivity index (χ2n) is 5.28. The lowest BCUT2D eigenvalue weighted by Crippen LogP contribution is -2.44. The first-order chi connectivity index (χ1) is 9.58. The van der Waals surface area contributed by atoms with Gasteiger partial charge in [-0.15, -0.1) is 0 Å². The summed E-state index contributed by atoms with van der Waals surface area (Å²) in [7, 11) is 3.89. The fraction of sp³-hybridized carbons (Fsp3) is 0.571. The number of likely N-dealkylation sites (N-methyl/N-ethyl adjacent to an activating group) is 1. The number of nitrogens with one attached hydrogen (secondary N) is 2. The van der Waals surface area contributed by atoms with Gasteiger partial charge in [-0.2, -0.15) is 0 Å². The normalized spacial score (nSPS) is 20.6. The van der Waals surface area contributed by atoms with Crippen LogP contribution >= 0.6 is 0 Å². The molecule has 2 N–H and O–H groups in total. The first-order valence-electron chi connectivity index (χ1n) is 6.82. The molecule has 20 heavy (non-hydrogen) atoms. The summed E-state index contributed by atoms with van der Waals surface area (Å²) in [6.45, 7) is 0.918. The van der Waals surface area contributed by atoms with Crippen LogP contribution in [0.4, 0.5) is 0 Å². The number of piperidine rings is 1. The molecule has 0 aromatic carbocycles. The molecule has 1 saturated heterocycles. The zero-order valence-electron chi connectivity index (χ0n) is 11.9. The van der Waals surface area contributed by atoms with Crippen LogP contribution in [-0.2, 0) is 9.59 Å². The van der Waals surface area contributed by atoms with Crippen LogP contribution in [0.5, 0.6) is 0 Å². The Hall–Kier alpha value is -1.82. The number of carbonyl (C=O) groups is 2. The Bertz CT molecular complexity index is 446. The molecule has 0 radical (unpaired) electrons. The molecule has 1 aliphatic rings. The molecule has 6 nitrogen and oxygen atoms in total. The Balaban J connectivity index is 1.86. The maximum Gasteiger partial charge on any atom is 0.224 e. The molecule has 6 heteroatoms. The molecule has 0 spiro atoms. The predicted octanol–water partition coefficient (Wildman–Crippen LogP) is 0.525. The highest BCUT2D eigenvalue weighted by atomic mass is 16.3. The molecule has 2 heterocycles. The van der Waals surface area contributed by atoms with Crippen molar-refractivity contribution in [3.8, 4) is 0 Å². The van der Waals surface area contributed by atoms with Crippen LogP contribution in [-0.4, -0.2) is 43.9 Å². The molecule has 2 atom stereocenters. The second-order valence-corrected chi connectivity index (χ2v) is 5.28. The number of furan rings is 1. The SMILES string of the molecule is CN(C)[C@@H](CNC(=O)[C@H]1CCC(=O)NC1)c1ccco1. The molecular formula is C14H21N3O3. The highest BCUT2D eigenvalue weighted by Gasteiger charge is 2.25. The Morgan fingerprint density at radius 3 is 2.95 bits per heavy atom. The van der Waals surface area contributed by atoms with Crippen molar-refractivity contribution in [1.29, 1.82) is 0 Å². The zero-order valence-corrected chi connectivity index (χ0v) is 11.9. The second kappa shape index (κ2) is 6.56. The topological polar surface area (TPSA) is 74.6 Å². The lowest BCUT2D eigenvalue weighted by molar-refractivity contribution is -0.129. The van der Waals surface area contributed by atoms with Gasteiger partial charge in [0.2, 0.25) is 11.8 Å². The highest BCUT2D eigenvalue weighted by molar-refractivity contribution is 5.83. The van der Waals surface area contributed by atoms with Crippen LogP contribution in [0, 0.1) is 5.92 Å². The van der Waals surface area contributed by atoms with Crippen molar-refractivity contribution in [1.82, 2.24) is 15.5 Å². The van der Waals surface area contributed by atoms with E-state index in [1.165, 1.54) is 0 Å². The van der Waals surface area contributed by atoms with Gasteiger partial charge in [0.05, 0.1) is 18.2 Å². The van der Waals surface area contributed by atoms with E-state index in [1.54, 1.807) is 6.26 Å². The first-order valence-corrected chi connectivity index (χ1v) is 6.82. The van der Waals surface area contributed by atoms with Crippen molar-refractivity contribution < 1.29 is 14.0 Å². The van der Waals surface area contributed by atoms with E-state index in [2.05, 4.69) is 10.6 Å². The van der Waals surface area contributed by atoms with Gasteiger partial charge >= 0.3 is 0 Å². The lowest BCUT2D eigenvalue weighted by Gasteiger charge is -2.25. The number of hydrogen-bond donors (Lipinski definition) is 2. The van der Waals surface area contributed by atoms with E-state index in [4.69, 9.17) is 4.42 Å². The molecule has 2 rings (SSSR count). The van der Waals surface area contributed by atoms with Crippen LogP contribution in [0.15, 0.2) is 22.8 Å². The van der Waals surface area contributed by atoms with Gasteiger partial charge in [-0.3, -0.25) is 14.5 Å². The summed E-state index contributed by atoms with van der Waals surface area (Å²) in [5, 5.41) is 5.67. The molecule has 2 amide bonds. The third-order valence-electron chi connectivity index (χ3n) is 3.60. The summed E-state index contributed by atoms with van der Waals surface area (Å²) in [6, 6.07) is 3.74. The fourth-order valence-electron chi connectivity index (χ4n) is 2.32. The molecule has 0 bridgehead atoms. The Morgan fingerprint density at radius 1 is 1.60 bits per heavy atom. The van der Waals surface area contributed by atoms with Gasteiger partial charge in [0.25, 0.3) is 0 Å². The summed E-state index contributed by atoms with van der Waals surface area (Å²) in [5.41, 5.74) is 0. The largest absolute Gasteiger partial charge is 0.468 e. The minimum absolute atomic E-state index is 0.00660. The monoisotopic (exact) mass is 279 g/mol. The minimum Gasteiger partial charge on any atom is -0.468 e. The molecular weight excluding hydrogens is 258 g/mol. The summed E-state index contributed by atoms with van der Waals surface area (Å²) in [6.07, 6.45) is 2.67. The van der Waals surface area contributed by atoms with E-state index in [9.17, 15) is 9.59 Å². The van der Waals surface area contributed by atoms with Crippen LogP contribution in [0.1, 0.15) is 24.6 Å². The lowest BCUT2D eigenvalue weighted by atomic mass is 9.98. The van der Waals surface area contributed by atoms with E-state index >= 15 is 0 Å². The third-order valence-corrected chi connectivity index (χ3v) is 3.60. The van der Waals surface area contributed by atoms with Gasteiger partial charge in [0.15, 0.2) is 0 Å². The van der Waals surface area contributed by atoms with E-state index in [-0.39, 0.29) is 23.8 Å². The van der Waals surface area contributed by atoms with E-state index in [1.807, 2.05) is 31.1 Å². The number of hydrogen-bond acceptors (Lipinski definition) is 4. The molecule has 1 fully saturated rings. The number of rotatable bonds is 5. The third kappa shape index (κ3) is 3.60. The predicted molar refractivity (Wildman–Crippen MR) is 73.9 cm³/mol. The van der Waals surface area contributed by atoms with Gasteiger partial charge in [0.1, 0.15) is 5.76 Å². The summed E-state index contributed by atoms with van der Waals surface area (Å²) >= 11 is 0. The zero-order chi connectivity index (χ0) is 14.5. The molecule has 1 aromatic rings. The van der Waals surface area contributed by atoms with Gasteiger partial charge in [0, 0.05) is 19.5 Å². The Morgan fingerprint density at radius 2 is 2.40 bits per heavy atom. The van der Waals surface area contributed by atoms with Gasteiger partial charge in [-0.05, 0) is 32.6 Å². The maximum absolute atomic E-state index is 12.1. The summed E-state index contributed by atoms with van der Waals surface area (Å²) in [4.78, 5) is 25.2. The molecule has 110 valence electrons. The molecule has 0 saturated carbocycles. The summed E-state index contributed by atoms with van der Waals surface area (Å²) in [5.74, 6) is 0.707. The fourth-order valence-corrected chi connectivity index (χ4v) is 2.32. The van der Waals surface area contributed by atoms with E-state index < -0.39 is 0 Å². The maximum atomic E-state index is 12.1. The van der Waals surface area contributed by atoms with Gasteiger partial charge in [-0.25, -0.2) is 0 Å². The average Bonchev–Trinajstić information content (AvgIpc) is 2.93. The standard InChI is InChI=1S/C14H21N3O3/c1-17(2)11(12-4-3-7-20-12)9-16-14(19)10-5-6-13(18)15-8-10/h3-4,7,10-11H,5-6,8-9H2,1-2H3,(H,15,18)(H,16,19)/t10-,11-/m0/s1. The van der Waals surface area contributed by atoms with Crippen LogP contribution in [0.3, 0.4) is 0 Å². The van der Waals surface area contributed by atoms with Crippen LogP contribution < -0.4 is 10.6 Å². The van der Waals surface area contributed by atoms with Crippen molar-refractivity contribution in [3.05, 3.63) is 24.2 Å². The average molecular weight is 279 g/mol. The first kappa shape index (κ1) is 14.6. The number of nitrogens with zero attached hydrogens (tertiary/aromatic N) is 1. The molecule has 1 aliphatic heterocycles. The number of amides is 2. The smallest absolute Gasteiger partial charge is 0.224 e. The molecule has 0 aliphatic carbocycles. The number of carbonyl (C=O) groups excluding carboxylic acids is 2. The van der Waals surface area contributed by atoms with E-state index in [0.717, 1.165) is 5.76 Å². The van der Waals surface area contributed by atoms with Crippen molar-refractivity contribution in [3.63, 3.8) is 0 Å².